The van der Waals surface area contributed by atoms with Crippen LogP contribution in [0, 0.1) is 0 Å². The molecular formula is C13H19Cl2N3O. The van der Waals surface area contributed by atoms with Gasteiger partial charge in [0.25, 0.3) is 0 Å². The number of nitrogens with two attached hydrogens (primary N) is 1. The summed E-state index contributed by atoms with van der Waals surface area (Å²) in [6.45, 7) is 2.14. The van der Waals surface area contributed by atoms with Crippen molar-refractivity contribution in [2.45, 2.75) is 18.9 Å². The molecule has 0 bridgehead atoms. The molecule has 2 rings (SSSR count). The number of anilines is 1. The fraction of sp³-hybridized carbons (Fsp3) is 0.462. The van der Waals surface area contributed by atoms with Crippen LogP contribution >= 0.6 is 24.0 Å². The Morgan fingerprint density at radius 2 is 2.11 bits per heavy atom. The molecule has 1 aromatic rings. The molecule has 1 fully saturated rings. The normalized spacial score (nSPS) is 19.6. The maximum atomic E-state index is 11.8. The number of halogens is 2. The molecule has 3 N–H and O–H groups in total. The Hall–Kier alpha value is -0.810. The zero-order valence-electron chi connectivity index (χ0n) is 10.6. The largest absolute Gasteiger partial charge is 0.327 e. The lowest BCUT2D eigenvalue weighted by Gasteiger charge is -2.29. The molecule has 1 unspecified atom stereocenters. The highest BCUT2D eigenvalue weighted by molar-refractivity contribution is 6.30. The van der Waals surface area contributed by atoms with Crippen LogP contribution in [0.15, 0.2) is 24.3 Å². The predicted octanol–water partition coefficient (Wildman–Crippen LogP) is 2.12. The number of piperidine rings is 1. The van der Waals surface area contributed by atoms with Crippen molar-refractivity contribution in [3.63, 3.8) is 0 Å². The molecule has 106 valence electrons. The number of nitrogens with one attached hydrogen (secondary N) is 1. The van der Waals surface area contributed by atoms with Crippen LogP contribution in [0.5, 0.6) is 0 Å². The van der Waals surface area contributed by atoms with E-state index in [0.717, 1.165) is 31.6 Å². The second-order valence-electron chi connectivity index (χ2n) is 4.69. The number of likely N-dealkylation sites (tertiary alicyclic amines) is 1. The molecule has 6 heteroatoms. The van der Waals surface area contributed by atoms with Gasteiger partial charge < -0.3 is 11.1 Å². The fourth-order valence-corrected chi connectivity index (χ4v) is 2.30. The molecule has 0 aliphatic carbocycles. The number of hydrogen-bond acceptors (Lipinski definition) is 3. The first-order valence-corrected chi connectivity index (χ1v) is 6.54. The average molecular weight is 304 g/mol. The SMILES string of the molecule is Cl.NC1CCCN(CC(=O)Nc2ccc(Cl)cc2)C1. The molecule has 0 aromatic heterocycles. The standard InChI is InChI=1S/C13H18ClN3O.ClH/c14-10-3-5-12(6-4-10)16-13(18)9-17-7-1-2-11(15)8-17;/h3-6,11H,1-2,7-9,15H2,(H,16,18);1H. The van der Waals surface area contributed by atoms with E-state index in [1.165, 1.54) is 0 Å². The fourth-order valence-electron chi connectivity index (χ4n) is 2.17. The number of carbonyl (C=O) groups is 1. The van der Waals surface area contributed by atoms with Gasteiger partial charge in [0.05, 0.1) is 6.54 Å². The Kier molecular flexibility index (Phi) is 6.58. The van der Waals surface area contributed by atoms with E-state index in [9.17, 15) is 4.79 Å². The van der Waals surface area contributed by atoms with Crippen LogP contribution in [0.2, 0.25) is 5.02 Å². The van der Waals surface area contributed by atoms with E-state index < -0.39 is 0 Å². The summed E-state index contributed by atoms with van der Waals surface area (Å²) in [5, 5.41) is 3.51. The maximum Gasteiger partial charge on any atom is 0.238 e. The summed E-state index contributed by atoms with van der Waals surface area (Å²) < 4.78 is 0. The summed E-state index contributed by atoms with van der Waals surface area (Å²) in [7, 11) is 0. The topological polar surface area (TPSA) is 58.4 Å². The Labute approximate surface area is 124 Å². The van der Waals surface area contributed by atoms with E-state index >= 15 is 0 Å². The average Bonchev–Trinajstić information content (AvgIpc) is 2.32. The summed E-state index contributed by atoms with van der Waals surface area (Å²) in [5.74, 6) is -0.00794. The van der Waals surface area contributed by atoms with Crippen molar-refractivity contribution >= 4 is 35.6 Å². The van der Waals surface area contributed by atoms with Gasteiger partial charge in [0.2, 0.25) is 5.91 Å². The number of amides is 1. The number of nitrogens with zero attached hydrogens (tertiary/aromatic N) is 1. The highest BCUT2D eigenvalue weighted by atomic mass is 35.5. The van der Waals surface area contributed by atoms with Crippen LogP contribution in [0.25, 0.3) is 0 Å². The Morgan fingerprint density at radius 3 is 2.74 bits per heavy atom. The van der Waals surface area contributed by atoms with Gasteiger partial charge in [-0.2, -0.15) is 0 Å². The van der Waals surface area contributed by atoms with E-state index in [1.807, 2.05) is 0 Å². The predicted molar refractivity (Wildman–Crippen MR) is 81.0 cm³/mol. The first-order chi connectivity index (χ1) is 8.63. The van der Waals surface area contributed by atoms with Crippen LogP contribution in [-0.2, 0) is 4.79 Å². The molecule has 1 atom stereocenters. The first-order valence-electron chi connectivity index (χ1n) is 6.17. The van der Waals surface area contributed by atoms with Crippen LogP contribution in [0.4, 0.5) is 5.69 Å². The molecule has 1 heterocycles. The Bertz CT molecular complexity index is 411. The zero-order chi connectivity index (χ0) is 13.0. The maximum absolute atomic E-state index is 11.8. The van der Waals surface area contributed by atoms with E-state index in [0.29, 0.717) is 11.6 Å². The summed E-state index contributed by atoms with van der Waals surface area (Å²) in [5.41, 5.74) is 6.65. The quantitative estimate of drug-likeness (QED) is 0.899. The smallest absolute Gasteiger partial charge is 0.238 e. The van der Waals surface area contributed by atoms with Gasteiger partial charge in [0, 0.05) is 23.3 Å². The summed E-state index contributed by atoms with van der Waals surface area (Å²) in [4.78, 5) is 13.9. The minimum atomic E-state index is -0.00794. The molecule has 0 saturated carbocycles. The van der Waals surface area contributed by atoms with Crippen LogP contribution in [0.1, 0.15) is 12.8 Å². The highest BCUT2D eigenvalue weighted by Crippen LogP contribution is 2.13. The molecule has 19 heavy (non-hydrogen) atoms. The van der Waals surface area contributed by atoms with Crippen LogP contribution in [-0.4, -0.2) is 36.5 Å². The van der Waals surface area contributed by atoms with Crippen molar-refractivity contribution in [3.8, 4) is 0 Å². The third kappa shape index (κ3) is 5.37. The number of carbonyl (C=O) groups excluding carboxylic acids is 1. The molecular weight excluding hydrogens is 285 g/mol. The van der Waals surface area contributed by atoms with Gasteiger partial charge in [-0.05, 0) is 43.7 Å². The Balaban J connectivity index is 0.00000180. The summed E-state index contributed by atoms with van der Waals surface area (Å²) in [6.07, 6.45) is 2.12. The van der Waals surface area contributed by atoms with Crippen LogP contribution in [0.3, 0.4) is 0 Å². The van der Waals surface area contributed by atoms with Gasteiger partial charge in [0.1, 0.15) is 0 Å². The molecule has 1 amide bonds. The lowest BCUT2D eigenvalue weighted by atomic mass is 10.1. The molecule has 4 nitrogen and oxygen atoms in total. The number of rotatable bonds is 3. The van der Waals surface area contributed by atoms with Crippen molar-refractivity contribution in [3.05, 3.63) is 29.3 Å². The highest BCUT2D eigenvalue weighted by Gasteiger charge is 2.18. The van der Waals surface area contributed by atoms with Gasteiger partial charge in [-0.25, -0.2) is 0 Å². The van der Waals surface area contributed by atoms with E-state index in [4.69, 9.17) is 17.3 Å². The van der Waals surface area contributed by atoms with E-state index in [-0.39, 0.29) is 24.4 Å². The molecule has 1 aliphatic heterocycles. The van der Waals surface area contributed by atoms with Gasteiger partial charge >= 0.3 is 0 Å². The van der Waals surface area contributed by atoms with Crippen molar-refractivity contribution in [2.24, 2.45) is 5.73 Å². The van der Waals surface area contributed by atoms with Crippen molar-refractivity contribution in [1.82, 2.24) is 4.90 Å². The molecule has 0 spiro atoms. The second kappa shape index (κ2) is 7.70. The van der Waals surface area contributed by atoms with Gasteiger partial charge in [-0.1, -0.05) is 11.6 Å². The third-order valence-electron chi connectivity index (χ3n) is 3.04. The number of hydrogen-bond donors (Lipinski definition) is 2. The summed E-state index contributed by atoms with van der Waals surface area (Å²) >= 11 is 5.79. The summed E-state index contributed by atoms with van der Waals surface area (Å²) in [6, 6.07) is 7.30. The minimum absolute atomic E-state index is 0. The van der Waals surface area contributed by atoms with Crippen LogP contribution < -0.4 is 11.1 Å². The molecule has 1 saturated heterocycles. The number of benzene rings is 1. The second-order valence-corrected chi connectivity index (χ2v) is 5.13. The van der Waals surface area contributed by atoms with E-state index in [1.54, 1.807) is 24.3 Å². The van der Waals surface area contributed by atoms with Crippen molar-refractivity contribution in [1.29, 1.82) is 0 Å². The van der Waals surface area contributed by atoms with Crippen molar-refractivity contribution in [2.75, 3.05) is 25.0 Å². The van der Waals surface area contributed by atoms with Gasteiger partial charge in [-0.15, -0.1) is 12.4 Å². The monoisotopic (exact) mass is 303 g/mol. The van der Waals surface area contributed by atoms with E-state index in [2.05, 4.69) is 10.2 Å². The molecule has 0 radical (unpaired) electrons. The molecule has 1 aromatic carbocycles. The lowest BCUT2D eigenvalue weighted by Crippen LogP contribution is -2.45. The van der Waals surface area contributed by atoms with Gasteiger partial charge in [0.15, 0.2) is 0 Å². The van der Waals surface area contributed by atoms with Gasteiger partial charge in [-0.3, -0.25) is 9.69 Å². The lowest BCUT2D eigenvalue weighted by molar-refractivity contribution is -0.117. The Morgan fingerprint density at radius 1 is 1.42 bits per heavy atom. The molecule has 1 aliphatic rings. The third-order valence-corrected chi connectivity index (χ3v) is 3.29. The first kappa shape index (κ1) is 16.2. The minimum Gasteiger partial charge on any atom is -0.327 e. The van der Waals surface area contributed by atoms with Crippen molar-refractivity contribution < 1.29 is 4.79 Å². The zero-order valence-corrected chi connectivity index (χ0v) is 12.2.